The fourth-order valence-corrected chi connectivity index (χ4v) is 1.97. The first-order chi connectivity index (χ1) is 8.22. The van der Waals surface area contributed by atoms with Gasteiger partial charge in [-0.1, -0.05) is 0 Å². The lowest BCUT2D eigenvalue weighted by Gasteiger charge is -2.16. The lowest BCUT2D eigenvalue weighted by molar-refractivity contribution is 0.349. The highest BCUT2D eigenvalue weighted by Crippen LogP contribution is 2.07. The van der Waals surface area contributed by atoms with Crippen molar-refractivity contribution < 1.29 is 4.39 Å². The summed E-state index contributed by atoms with van der Waals surface area (Å²) < 4.78 is 12.7. The van der Waals surface area contributed by atoms with E-state index in [-0.39, 0.29) is 5.82 Å². The highest BCUT2D eigenvalue weighted by Gasteiger charge is 1.98. The molecule has 2 nitrogen and oxygen atoms in total. The summed E-state index contributed by atoms with van der Waals surface area (Å²) in [5.41, 5.74) is 0.976. The van der Waals surface area contributed by atoms with E-state index >= 15 is 0 Å². The average molecular weight is 256 g/mol. The Morgan fingerprint density at radius 1 is 1.24 bits per heavy atom. The smallest absolute Gasteiger partial charge is 0.123 e. The van der Waals surface area contributed by atoms with Crippen LogP contribution in [0.15, 0.2) is 24.3 Å². The fourth-order valence-electron chi connectivity index (χ4n) is 1.55. The molecule has 0 fully saturated rings. The van der Waals surface area contributed by atoms with Crippen LogP contribution < -0.4 is 5.32 Å². The summed E-state index contributed by atoms with van der Waals surface area (Å²) in [6.45, 7) is 3.03. The number of anilines is 1. The molecule has 1 N–H and O–H groups in total. The molecule has 96 valence electrons. The van der Waals surface area contributed by atoms with Gasteiger partial charge in [0, 0.05) is 18.8 Å². The molecule has 4 heteroatoms. The van der Waals surface area contributed by atoms with Gasteiger partial charge in [0.05, 0.1) is 0 Å². The van der Waals surface area contributed by atoms with Crippen molar-refractivity contribution in [2.75, 3.05) is 44.0 Å². The Labute approximate surface area is 108 Å². The molecule has 0 spiro atoms. The minimum absolute atomic E-state index is 0.190. The monoisotopic (exact) mass is 256 g/mol. The summed E-state index contributed by atoms with van der Waals surface area (Å²) in [6.07, 6.45) is 3.37. The van der Waals surface area contributed by atoms with E-state index < -0.39 is 0 Å². The van der Waals surface area contributed by atoms with Crippen LogP contribution in [-0.2, 0) is 0 Å². The second-order valence-electron chi connectivity index (χ2n) is 4.08. The Bertz CT molecular complexity index is 303. The molecule has 0 amide bonds. The molecule has 0 unspecified atom stereocenters. The first-order valence-electron chi connectivity index (χ1n) is 5.89. The van der Waals surface area contributed by atoms with Crippen molar-refractivity contribution in [3.8, 4) is 0 Å². The summed E-state index contributed by atoms with van der Waals surface area (Å²) in [6, 6.07) is 6.49. The highest BCUT2D eigenvalue weighted by atomic mass is 32.2. The fraction of sp³-hybridized carbons (Fsp3) is 0.538. The molecule has 1 aromatic carbocycles. The van der Waals surface area contributed by atoms with Crippen molar-refractivity contribution in [1.82, 2.24) is 4.90 Å². The van der Waals surface area contributed by atoms with Gasteiger partial charge in [-0.15, -0.1) is 0 Å². The molecule has 0 atom stereocenters. The van der Waals surface area contributed by atoms with Crippen LogP contribution in [0.3, 0.4) is 0 Å². The van der Waals surface area contributed by atoms with E-state index in [1.165, 1.54) is 24.3 Å². The standard InChI is InChI=1S/C13H21FN2S/c1-16(9-3-11-17-2)10-8-15-13-6-4-12(14)5-7-13/h4-7,15H,3,8-11H2,1-2H3. The third-order valence-electron chi connectivity index (χ3n) is 2.56. The van der Waals surface area contributed by atoms with Crippen LogP contribution in [0.2, 0.25) is 0 Å². The summed E-state index contributed by atoms with van der Waals surface area (Å²) in [4.78, 5) is 2.31. The topological polar surface area (TPSA) is 15.3 Å². The van der Waals surface area contributed by atoms with Crippen LogP contribution in [0.5, 0.6) is 0 Å². The summed E-state index contributed by atoms with van der Waals surface area (Å²) in [5, 5.41) is 3.28. The SMILES string of the molecule is CSCCCN(C)CCNc1ccc(F)cc1. The van der Waals surface area contributed by atoms with Crippen LogP contribution in [0, 0.1) is 5.82 Å². The van der Waals surface area contributed by atoms with Crippen molar-refractivity contribution in [2.45, 2.75) is 6.42 Å². The molecule has 0 radical (unpaired) electrons. The van der Waals surface area contributed by atoms with Gasteiger partial charge in [-0.05, 0) is 56.3 Å². The second-order valence-corrected chi connectivity index (χ2v) is 5.07. The van der Waals surface area contributed by atoms with Crippen molar-refractivity contribution >= 4 is 17.4 Å². The molecule has 0 aliphatic rings. The molecule has 1 rings (SSSR count). The van der Waals surface area contributed by atoms with Gasteiger partial charge in [0.15, 0.2) is 0 Å². The number of likely N-dealkylation sites (N-methyl/N-ethyl adjacent to an activating group) is 1. The Kier molecular flexibility index (Phi) is 7.05. The summed E-state index contributed by atoms with van der Waals surface area (Å²) in [7, 11) is 2.13. The Balaban J connectivity index is 2.12. The van der Waals surface area contributed by atoms with Crippen molar-refractivity contribution in [3.05, 3.63) is 30.1 Å². The molecule has 17 heavy (non-hydrogen) atoms. The van der Waals surface area contributed by atoms with E-state index in [0.29, 0.717) is 0 Å². The van der Waals surface area contributed by atoms with Gasteiger partial charge in [-0.25, -0.2) is 4.39 Å². The summed E-state index contributed by atoms with van der Waals surface area (Å²) in [5.74, 6) is 1.03. The van der Waals surface area contributed by atoms with E-state index in [1.54, 1.807) is 12.1 Å². The Hall–Kier alpha value is -0.740. The lowest BCUT2D eigenvalue weighted by Crippen LogP contribution is -2.26. The molecule has 0 aliphatic heterocycles. The maximum absolute atomic E-state index is 12.7. The molecule has 0 bridgehead atoms. The van der Waals surface area contributed by atoms with Crippen molar-refractivity contribution in [2.24, 2.45) is 0 Å². The highest BCUT2D eigenvalue weighted by molar-refractivity contribution is 7.98. The number of nitrogens with zero attached hydrogens (tertiary/aromatic N) is 1. The molecule has 0 saturated heterocycles. The zero-order chi connectivity index (χ0) is 12.5. The van der Waals surface area contributed by atoms with Crippen molar-refractivity contribution in [3.63, 3.8) is 0 Å². The Morgan fingerprint density at radius 2 is 1.94 bits per heavy atom. The van der Waals surface area contributed by atoms with Crippen LogP contribution >= 0.6 is 11.8 Å². The third kappa shape index (κ3) is 6.54. The predicted octanol–water partition coefficient (Wildman–Crippen LogP) is 2.92. The number of halogens is 1. The minimum Gasteiger partial charge on any atom is -0.384 e. The quantitative estimate of drug-likeness (QED) is 0.720. The van der Waals surface area contributed by atoms with Crippen molar-refractivity contribution in [1.29, 1.82) is 0 Å². The van der Waals surface area contributed by atoms with Crippen LogP contribution in [-0.4, -0.2) is 43.6 Å². The minimum atomic E-state index is -0.190. The molecule has 0 heterocycles. The van der Waals surface area contributed by atoms with Crippen LogP contribution in [0.25, 0.3) is 0 Å². The zero-order valence-electron chi connectivity index (χ0n) is 10.6. The molecule has 0 aromatic heterocycles. The molecule has 0 saturated carbocycles. The van der Waals surface area contributed by atoms with Gasteiger partial charge in [0.2, 0.25) is 0 Å². The third-order valence-corrected chi connectivity index (χ3v) is 3.25. The molecule has 0 aliphatic carbocycles. The van der Waals surface area contributed by atoms with Gasteiger partial charge in [0.25, 0.3) is 0 Å². The number of hydrogen-bond acceptors (Lipinski definition) is 3. The number of nitrogens with one attached hydrogen (secondary N) is 1. The average Bonchev–Trinajstić information content (AvgIpc) is 2.32. The molecular formula is C13H21FN2S. The van der Waals surface area contributed by atoms with Gasteiger partial charge in [-0.2, -0.15) is 11.8 Å². The van der Waals surface area contributed by atoms with E-state index in [4.69, 9.17) is 0 Å². The normalized spacial score (nSPS) is 10.8. The van der Waals surface area contributed by atoms with Gasteiger partial charge < -0.3 is 10.2 Å². The second kappa shape index (κ2) is 8.37. The number of thioether (sulfide) groups is 1. The largest absolute Gasteiger partial charge is 0.384 e. The van der Waals surface area contributed by atoms with E-state index in [1.807, 2.05) is 11.8 Å². The number of hydrogen-bond donors (Lipinski definition) is 1. The van der Waals surface area contributed by atoms with E-state index in [0.717, 1.165) is 25.3 Å². The van der Waals surface area contributed by atoms with Crippen LogP contribution in [0.4, 0.5) is 10.1 Å². The number of rotatable bonds is 8. The van der Waals surface area contributed by atoms with E-state index in [9.17, 15) is 4.39 Å². The van der Waals surface area contributed by atoms with Gasteiger partial charge in [0.1, 0.15) is 5.82 Å². The first kappa shape index (κ1) is 14.3. The summed E-state index contributed by atoms with van der Waals surface area (Å²) >= 11 is 1.89. The molecule has 1 aromatic rings. The first-order valence-corrected chi connectivity index (χ1v) is 7.28. The lowest BCUT2D eigenvalue weighted by atomic mass is 10.3. The van der Waals surface area contributed by atoms with Gasteiger partial charge >= 0.3 is 0 Å². The predicted molar refractivity (Wildman–Crippen MR) is 75.4 cm³/mol. The number of benzene rings is 1. The maximum atomic E-state index is 12.7. The van der Waals surface area contributed by atoms with E-state index in [2.05, 4.69) is 23.5 Å². The zero-order valence-corrected chi connectivity index (χ0v) is 11.4. The Morgan fingerprint density at radius 3 is 2.59 bits per heavy atom. The maximum Gasteiger partial charge on any atom is 0.123 e. The van der Waals surface area contributed by atoms with Gasteiger partial charge in [-0.3, -0.25) is 0 Å². The van der Waals surface area contributed by atoms with Crippen LogP contribution in [0.1, 0.15) is 6.42 Å². The molecular weight excluding hydrogens is 235 g/mol.